The van der Waals surface area contributed by atoms with E-state index >= 15 is 0 Å². The van der Waals surface area contributed by atoms with E-state index in [1.807, 2.05) is 26.0 Å². The number of rotatable bonds is 4. The summed E-state index contributed by atoms with van der Waals surface area (Å²) in [6.45, 7) is 3.94. The maximum absolute atomic E-state index is 12.3. The van der Waals surface area contributed by atoms with Crippen LogP contribution in [0.15, 0.2) is 36.4 Å². The third kappa shape index (κ3) is 3.66. The van der Waals surface area contributed by atoms with Gasteiger partial charge in [-0.05, 0) is 55.3 Å². The van der Waals surface area contributed by atoms with Crippen LogP contribution in [0.5, 0.6) is 0 Å². The number of carbonyl (C=O) groups is 3. The molecular weight excluding hydrogens is 334 g/mol. The number of carboxylic acid groups (broad SMARTS) is 1. The number of amides is 2. The Morgan fingerprint density at radius 3 is 2.50 bits per heavy atom. The number of hydrogen-bond donors (Lipinski definition) is 4. The van der Waals surface area contributed by atoms with E-state index < -0.39 is 12.0 Å². The third-order valence-corrected chi connectivity index (χ3v) is 4.32. The number of aromatic carboxylic acids is 1. The van der Waals surface area contributed by atoms with Gasteiger partial charge in [0.05, 0.1) is 23.4 Å². The number of benzene rings is 2. The van der Waals surface area contributed by atoms with E-state index in [0.717, 1.165) is 16.8 Å². The molecular formula is C19H19N3O4. The smallest absolute Gasteiger partial charge is 0.335 e. The largest absolute Gasteiger partial charge is 0.478 e. The van der Waals surface area contributed by atoms with Crippen LogP contribution < -0.4 is 16.0 Å². The summed E-state index contributed by atoms with van der Waals surface area (Å²) in [5.74, 6) is -1.74. The molecule has 2 amide bonds. The number of carboxylic acids is 1. The Morgan fingerprint density at radius 2 is 1.81 bits per heavy atom. The summed E-state index contributed by atoms with van der Waals surface area (Å²) < 4.78 is 0. The second kappa shape index (κ2) is 6.87. The van der Waals surface area contributed by atoms with Gasteiger partial charge in [0, 0.05) is 5.69 Å². The minimum atomic E-state index is -1.07. The molecule has 0 spiro atoms. The Hall–Kier alpha value is -3.35. The molecule has 0 radical (unpaired) electrons. The van der Waals surface area contributed by atoms with Crippen LogP contribution in [0.3, 0.4) is 0 Å². The Morgan fingerprint density at radius 1 is 1.12 bits per heavy atom. The summed E-state index contributed by atoms with van der Waals surface area (Å²) in [5, 5.41) is 17.5. The van der Waals surface area contributed by atoms with Crippen molar-refractivity contribution in [3.63, 3.8) is 0 Å². The average Bonchev–Trinajstić information content (AvgIpc) is 2.57. The molecule has 0 fully saturated rings. The van der Waals surface area contributed by atoms with Crippen LogP contribution in [0.4, 0.5) is 17.1 Å². The number of nitrogens with one attached hydrogen (secondary N) is 3. The predicted molar refractivity (Wildman–Crippen MR) is 98.6 cm³/mol. The summed E-state index contributed by atoms with van der Waals surface area (Å²) in [7, 11) is 0. The average molecular weight is 353 g/mol. The van der Waals surface area contributed by atoms with Crippen molar-refractivity contribution in [3.8, 4) is 0 Å². The monoisotopic (exact) mass is 353 g/mol. The van der Waals surface area contributed by atoms with Crippen LogP contribution in [0.25, 0.3) is 0 Å². The highest BCUT2D eigenvalue weighted by atomic mass is 16.4. The number of aryl methyl sites for hydroxylation is 2. The minimum absolute atomic E-state index is 0.0739. The van der Waals surface area contributed by atoms with E-state index in [1.165, 1.54) is 12.1 Å². The highest BCUT2D eigenvalue weighted by Gasteiger charge is 2.28. The van der Waals surface area contributed by atoms with Crippen LogP contribution in [-0.2, 0) is 9.59 Å². The number of fused-ring (bicyclic) bond motifs is 1. The van der Waals surface area contributed by atoms with Gasteiger partial charge < -0.3 is 21.1 Å². The minimum Gasteiger partial charge on any atom is -0.478 e. The molecule has 1 atom stereocenters. The normalized spacial score (nSPS) is 15.5. The van der Waals surface area contributed by atoms with Crippen molar-refractivity contribution < 1.29 is 19.5 Å². The van der Waals surface area contributed by atoms with E-state index in [9.17, 15) is 14.4 Å². The molecule has 2 aromatic rings. The van der Waals surface area contributed by atoms with E-state index in [4.69, 9.17) is 5.11 Å². The van der Waals surface area contributed by atoms with Gasteiger partial charge in [0.25, 0.3) is 0 Å². The topological polar surface area (TPSA) is 108 Å². The quantitative estimate of drug-likeness (QED) is 0.676. The maximum Gasteiger partial charge on any atom is 0.335 e. The molecule has 26 heavy (non-hydrogen) atoms. The standard InChI is InChI=1S/C19H19N3O4/c1-10-6-14-15(7-11(10)2)22-18(24)16(21-14)9-17(23)20-13-5-3-4-12(8-13)19(25)26/h3-8,16,21H,9H2,1-2H3,(H,20,23)(H,22,24)(H,25,26). The second-order valence-corrected chi connectivity index (χ2v) is 6.31. The fourth-order valence-corrected chi connectivity index (χ4v) is 2.78. The van der Waals surface area contributed by atoms with Crippen molar-refractivity contribution in [2.45, 2.75) is 26.3 Å². The van der Waals surface area contributed by atoms with Crippen molar-refractivity contribution in [1.29, 1.82) is 0 Å². The fraction of sp³-hybridized carbons (Fsp3) is 0.211. The van der Waals surface area contributed by atoms with E-state index in [1.54, 1.807) is 12.1 Å². The van der Waals surface area contributed by atoms with Crippen LogP contribution in [0.1, 0.15) is 27.9 Å². The van der Waals surface area contributed by atoms with Crippen molar-refractivity contribution in [3.05, 3.63) is 53.1 Å². The summed E-state index contributed by atoms with van der Waals surface area (Å²) in [5.41, 5.74) is 4.08. The molecule has 2 aromatic carbocycles. The van der Waals surface area contributed by atoms with Gasteiger partial charge in [-0.3, -0.25) is 9.59 Å². The van der Waals surface area contributed by atoms with E-state index in [0.29, 0.717) is 11.4 Å². The second-order valence-electron chi connectivity index (χ2n) is 6.31. The van der Waals surface area contributed by atoms with Gasteiger partial charge in [0.15, 0.2) is 0 Å². The lowest BCUT2D eigenvalue weighted by atomic mass is 10.0. The number of anilines is 3. The van der Waals surface area contributed by atoms with Crippen LogP contribution >= 0.6 is 0 Å². The lowest BCUT2D eigenvalue weighted by Crippen LogP contribution is -2.41. The molecule has 7 heteroatoms. The number of hydrogen-bond acceptors (Lipinski definition) is 4. The Kier molecular flexibility index (Phi) is 4.62. The van der Waals surface area contributed by atoms with Crippen molar-refractivity contribution in [2.24, 2.45) is 0 Å². The molecule has 0 saturated carbocycles. The maximum atomic E-state index is 12.3. The van der Waals surface area contributed by atoms with Gasteiger partial charge in [-0.1, -0.05) is 6.07 Å². The first-order chi connectivity index (χ1) is 12.3. The lowest BCUT2D eigenvalue weighted by molar-refractivity contribution is -0.122. The first kappa shape index (κ1) is 17.5. The molecule has 0 bridgehead atoms. The van der Waals surface area contributed by atoms with E-state index in [2.05, 4.69) is 16.0 Å². The fourth-order valence-electron chi connectivity index (χ4n) is 2.78. The molecule has 0 aromatic heterocycles. The Balaban J connectivity index is 1.69. The predicted octanol–water partition coefficient (Wildman–Crippen LogP) is 2.76. The zero-order chi connectivity index (χ0) is 18.8. The van der Waals surface area contributed by atoms with Crippen molar-refractivity contribution in [2.75, 3.05) is 16.0 Å². The first-order valence-electron chi connectivity index (χ1n) is 8.15. The lowest BCUT2D eigenvalue weighted by Gasteiger charge is -2.27. The molecule has 0 saturated heterocycles. The molecule has 1 aliphatic rings. The molecule has 3 rings (SSSR count). The van der Waals surface area contributed by atoms with Gasteiger partial charge in [-0.25, -0.2) is 4.79 Å². The van der Waals surface area contributed by atoms with Gasteiger partial charge >= 0.3 is 5.97 Å². The molecule has 7 nitrogen and oxygen atoms in total. The van der Waals surface area contributed by atoms with Crippen LogP contribution in [0.2, 0.25) is 0 Å². The summed E-state index contributed by atoms with van der Waals surface area (Å²) >= 11 is 0. The van der Waals surface area contributed by atoms with Gasteiger partial charge in [0.1, 0.15) is 6.04 Å². The molecule has 4 N–H and O–H groups in total. The SMILES string of the molecule is Cc1cc2c(cc1C)NC(CC(=O)Nc1cccc(C(=O)O)c1)C(=O)N2. The van der Waals surface area contributed by atoms with E-state index in [-0.39, 0.29) is 23.8 Å². The van der Waals surface area contributed by atoms with Crippen LogP contribution in [0, 0.1) is 13.8 Å². The van der Waals surface area contributed by atoms with Crippen LogP contribution in [-0.4, -0.2) is 28.9 Å². The molecule has 1 heterocycles. The Bertz CT molecular complexity index is 908. The van der Waals surface area contributed by atoms with Crippen molar-refractivity contribution in [1.82, 2.24) is 0 Å². The third-order valence-electron chi connectivity index (χ3n) is 4.32. The summed E-state index contributed by atoms with van der Waals surface area (Å²) in [6.07, 6.45) is -0.0739. The molecule has 1 aliphatic heterocycles. The summed E-state index contributed by atoms with van der Waals surface area (Å²) in [4.78, 5) is 35.5. The Labute approximate surface area is 150 Å². The highest BCUT2D eigenvalue weighted by molar-refractivity contribution is 6.06. The molecule has 134 valence electrons. The summed E-state index contributed by atoms with van der Waals surface area (Å²) in [6, 6.07) is 9.08. The molecule has 1 unspecified atom stereocenters. The van der Waals surface area contributed by atoms with Gasteiger partial charge in [-0.2, -0.15) is 0 Å². The van der Waals surface area contributed by atoms with Gasteiger partial charge in [-0.15, -0.1) is 0 Å². The number of carbonyl (C=O) groups excluding carboxylic acids is 2. The molecule has 0 aliphatic carbocycles. The first-order valence-corrected chi connectivity index (χ1v) is 8.15. The highest BCUT2D eigenvalue weighted by Crippen LogP contribution is 2.30. The zero-order valence-electron chi connectivity index (χ0n) is 14.4. The van der Waals surface area contributed by atoms with Crippen molar-refractivity contribution >= 4 is 34.8 Å². The zero-order valence-corrected chi connectivity index (χ0v) is 14.4. The van der Waals surface area contributed by atoms with Gasteiger partial charge in [0.2, 0.25) is 11.8 Å².